The van der Waals surface area contributed by atoms with Crippen molar-refractivity contribution < 1.29 is 24.2 Å². The fourth-order valence-electron chi connectivity index (χ4n) is 2.74. The van der Waals surface area contributed by atoms with Gasteiger partial charge in [0.15, 0.2) is 0 Å². The minimum Gasteiger partial charge on any atom is -0.508 e. The fraction of sp³-hybridized carbons (Fsp3) is 0.524. The quantitative estimate of drug-likeness (QED) is 0.354. The number of nitriles is 1. The number of nitrogens with one attached hydrogen (secondary N) is 2. The van der Waals surface area contributed by atoms with E-state index in [2.05, 4.69) is 23.3 Å². The molecule has 0 bridgehead atoms. The van der Waals surface area contributed by atoms with Crippen molar-refractivity contribution in [1.82, 2.24) is 15.5 Å². The molecule has 0 aliphatic rings. The lowest BCUT2D eigenvalue weighted by Gasteiger charge is -2.33. The standard InChI is InChI=1S/C21H30N4O5S/c1-13(2)23-18(27)17(14-8-6-7-9-16(14)26)25(11-10-22)19(28)15(12-31)24-20(29)30-21(3,4)5/h6-9,13,15,17,26,31H,11-12H2,1-5H3,(H,23,27)(H,24,29). The van der Waals surface area contributed by atoms with Crippen LogP contribution in [-0.4, -0.2) is 57.9 Å². The number of phenols is 1. The molecule has 1 aromatic rings. The SMILES string of the molecule is CC(C)NC(=O)C(c1ccccc1O)N(CC#N)C(=O)C(CS)NC(=O)OC(C)(C)C. The molecule has 0 radical (unpaired) electrons. The molecule has 0 fully saturated rings. The summed E-state index contributed by atoms with van der Waals surface area (Å²) in [5.74, 6) is -1.59. The van der Waals surface area contributed by atoms with Crippen LogP contribution >= 0.6 is 12.6 Å². The highest BCUT2D eigenvalue weighted by molar-refractivity contribution is 7.80. The number of phenolic OH excluding ortho intramolecular Hbond substituents is 1. The van der Waals surface area contributed by atoms with Crippen molar-refractivity contribution >= 4 is 30.5 Å². The number of thiol groups is 1. The molecule has 170 valence electrons. The van der Waals surface area contributed by atoms with Gasteiger partial charge in [-0.2, -0.15) is 17.9 Å². The summed E-state index contributed by atoms with van der Waals surface area (Å²) < 4.78 is 5.19. The second-order valence-electron chi connectivity index (χ2n) is 8.13. The predicted octanol–water partition coefficient (Wildman–Crippen LogP) is 2.13. The van der Waals surface area contributed by atoms with Crippen LogP contribution in [0.1, 0.15) is 46.2 Å². The Morgan fingerprint density at radius 2 is 1.84 bits per heavy atom. The number of hydrogen-bond acceptors (Lipinski definition) is 7. The van der Waals surface area contributed by atoms with Gasteiger partial charge >= 0.3 is 6.09 Å². The van der Waals surface area contributed by atoms with Gasteiger partial charge < -0.3 is 25.4 Å². The highest BCUT2D eigenvalue weighted by atomic mass is 32.1. The van der Waals surface area contributed by atoms with Crippen LogP contribution < -0.4 is 10.6 Å². The molecule has 0 aromatic heterocycles. The van der Waals surface area contributed by atoms with Crippen molar-refractivity contribution in [3.8, 4) is 11.8 Å². The van der Waals surface area contributed by atoms with Crippen LogP contribution in [0.4, 0.5) is 4.79 Å². The Balaban J connectivity index is 3.34. The molecule has 1 aromatic carbocycles. The lowest BCUT2D eigenvalue weighted by atomic mass is 10.0. The number of alkyl carbamates (subject to hydrolysis) is 1. The van der Waals surface area contributed by atoms with Gasteiger partial charge in [0.2, 0.25) is 11.8 Å². The number of amides is 3. The maximum Gasteiger partial charge on any atom is 0.408 e. The minimum absolute atomic E-state index is 0.0979. The predicted molar refractivity (Wildman–Crippen MR) is 118 cm³/mol. The first-order valence-corrected chi connectivity index (χ1v) is 10.4. The first-order valence-electron chi connectivity index (χ1n) is 9.77. The van der Waals surface area contributed by atoms with Gasteiger partial charge in [0.1, 0.15) is 30.0 Å². The lowest BCUT2D eigenvalue weighted by molar-refractivity contribution is -0.141. The highest BCUT2D eigenvalue weighted by Gasteiger charge is 2.37. The summed E-state index contributed by atoms with van der Waals surface area (Å²) in [5.41, 5.74) is -0.629. The number of carbonyl (C=O) groups excluding carboxylic acids is 3. The Bertz CT molecular complexity index is 832. The molecule has 9 nitrogen and oxygen atoms in total. The second kappa shape index (κ2) is 11.5. The molecule has 2 atom stereocenters. The zero-order valence-corrected chi connectivity index (χ0v) is 19.3. The van der Waals surface area contributed by atoms with Gasteiger partial charge in [-0.1, -0.05) is 18.2 Å². The van der Waals surface area contributed by atoms with Gasteiger partial charge in [0, 0.05) is 17.4 Å². The molecule has 31 heavy (non-hydrogen) atoms. The molecule has 0 heterocycles. The summed E-state index contributed by atoms with van der Waals surface area (Å²) in [5, 5.41) is 24.8. The number of ether oxygens (including phenoxy) is 1. The zero-order valence-electron chi connectivity index (χ0n) is 18.4. The zero-order chi connectivity index (χ0) is 23.8. The molecule has 3 amide bonds. The summed E-state index contributed by atoms with van der Waals surface area (Å²) >= 11 is 4.14. The average molecular weight is 451 g/mol. The third-order valence-electron chi connectivity index (χ3n) is 3.92. The van der Waals surface area contributed by atoms with Crippen LogP contribution in [-0.2, 0) is 14.3 Å². The average Bonchev–Trinajstić information content (AvgIpc) is 2.64. The smallest absolute Gasteiger partial charge is 0.408 e. The third-order valence-corrected chi connectivity index (χ3v) is 4.28. The third kappa shape index (κ3) is 8.02. The van der Waals surface area contributed by atoms with Gasteiger partial charge in [-0.25, -0.2) is 4.79 Å². The second-order valence-corrected chi connectivity index (χ2v) is 8.50. The molecule has 0 aliphatic heterocycles. The van der Waals surface area contributed by atoms with Crippen molar-refractivity contribution in [3.05, 3.63) is 29.8 Å². The van der Waals surface area contributed by atoms with E-state index in [0.29, 0.717) is 0 Å². The minimum atomic E-state index is -1.29. The largest absolute Gasteiger partial charge is 0.508 e. The van der Waals surface area contributed by atoms with Crippen molar-refractivity contribution in [3.63, 3.8) is 0 Å². The molecule has 2 unspecified atom stereocenters. The Morgan fingerprint density at radius 3 is 2.32 bits per heavy atom. The highest BCUT2D eigenvalue weighted by Crippen LogP contribution is 2.29. The lowest BCUT2D eigenvalue weighted by Crippen LogP contribution is -2.54. The van der Waals surface area contributed by atoms with Gasteiger partial charge in [-0.15, -0.1) is 0 Å². The van der Waals surface area contributed by atoms with Crippen LogP contribution in [0.3, 0.4) is 0 Å². The van der Waals surface area contributed by atoms with E-state index in [1.54, 1.807) is 46.8 Å². The maximum absolute atomic E-state index is 13.3. The van der Waals surface area contributed by atoms with Gasteiger partial charge in [0.25, 0.3) is 0 Å². The summed E-state index contributed by atoms with van der Waals surface area (Å²) in [6.07, 6.45) is -0.831. The summed E-state index contributed by atoms with van der Waals surface area (Å²) in [6, 6.07) is 5.23. The number of hydrogen-bond donors (Lipinski definition) is 4. The first kappa shape index (κ1) is 26.1. The van der Waals surface area contributed by atoms with E-state index < -0.39 is 42.1 Å². The molecule has 0 aliphatic carbocycles. The van der Waals surface area contributed by atoms with Crippen molar-refractivity contribution in [2.75, 3.05) is 12.3 Å². The Morgan fingerprint density at radius 1 is 1.23 bits per heavy atom. The van der Waals surface area contributed by atoms with Crippen LogP contribution in [0, 0.1) is 11.3 Å². The molecule has 0 spiro atoms. The number of benzene rings is 1. The van der Waals surface area contributed by atoms with E-state index >= 15 is 0 Å². The number of para-hydroxylation sites is 1. The Kier molecular flexibility index (Phi) is 9.65. The van der Waals surface area contributed by atoms with Gasteiger partial charge in [-0.3, -0.25) is 9.59 Å². The Labute approximate surface area is 188 Å². The van der Waals surface area contributed by atoms with Crippen molar-refractivity contribution in [2.45, 2.75) is 58.3 Å². The van der Waals surface area contributed by atoms with E-state index in [9.17, 15) is 24.8 Å². The van der Waals surface area contributed by atoms with E-state index in [4.69, 9.17) is 4.74 Å². The van der Waals surface area contributed by atoms with Crippen LogP contribution in [0.5, 0.6) is 5.75 Å². The number of rotatable bonds is 8. The molecule has 0 saturated carbocycles. The van der Waals surface area contributed by atoms with E-state index in [0.717, 1.165) is 4.90 Å². The molecule has 3 N–H and O–H groups in total. The van der Waals surface area contributed by atoms with Crippen LogP contribution in [0.25, 0.3) is 0 Å². The van der Waals surface area contributed by atoms with E-state index in [1.165, 1.54) is 12.1 Å². The first-order chi connectivity index (χ1) is 14.4. The monoisotopic (exact) mass is 450 g/mol. The molecule has 1 rings (SSSR count). The number of nitrogens with zero attached hydrogens (tertiary/aromatic N) is 2. The van der Waals surface area contributed by atoms with Gasteiger partial charge in [-0.05, 0) is 40.7 Å². The molecule has 10 heteroatoms. The van der Waals surface area contributed by atoms with E-state index in [1.807, 2.05) is 6.07 Å². The van der Waals surface area contributed by atoms with Crippen LogP contribution in [0.2, 0.25) is 0 Å². The summed E-state index contributed by atoms with van der Waals surface area (Å²) in [4.78, 5) is 39.4. The van der Waals surface area contributed by atoms with Gasteiger partial charge in [0.05, 0.1) is 6.07 Å². The topological polar surface area (TPSA) is 132 Å². The van der Waals surface area contributed by atoms with Crippen LogP contribution in [0.15, 0.2) is 24.3 Å². The molecule has 0 saturated heterocycles. The normalized spacial score (nSPS) is 13.0. The van der Waals surface area contributed by atoms with E-state index in [-0.39, 0.29) is 23.1 Å². The molecular formula is C21H30N4O5S. The summed E-state index contributed by atoms with van der Waals surface area (Å²) in [6.45, 7) is 8.07. The number of carbonyl (C=O) groups is 3. The Hall–Kier alpha value is -2.93. The molecular weight excluding hydrogens is 420 g/mol. The summed E-state index contributed by atoms with van der Waals surface area (Å²) in [7, 11) is 0. The number of aromatic hydroxyl groups is 1. The fourth-order valence-corrected chi connectivity index (χ4v) is 2.99. The van der Waals surface area contributed by atoms with Crippen molar-refractivity contribution in [1.29, 1.82) is 5.26 Å². The maximum atomic E-state index is 13.3. The van der Waals surface area contributed by atoms with Crippen molar-refractivity contribution in [2.24, 2.45) is 0 Å².